The van der Waals surface area contributed by atoms with E-state index in [1.165, 1.54) is 16.9 Å². The number of thiazole rings is 1. The lowest BCUT2D eigenvalue weighted by Crippen LogP contribution is -2.36. The third-order valence-corrected chi connectivity index (χ3v) is 8.70. The van der Waals surface area contributed by atoms with Gasteiger partial charge in [0.05, 0.1) is 9.77 Å². The number of hydrogen-bond donors (Lipinski definition) is 0. The summed E-state index contributed by atoms with van der Waals surface area (Å²) in [6, 6.07) is 9.86. The highest BCUT2D eigenvalue weighted by Gasteiger charge is 2.31. The van der Waals surface area contributed by atoms with Crippen molar-refractivity contribution in [2.24, 2.45) is 0 Å². The smallest absolute Gasteiger partial charge is 0.241 e. The molecular weight excluding hydrogens is 372 g/mol. The maximum absolute atomic E-state index is 13.2. The molecule has 1 aliphatic rings. The van der Waals surface area contributed by atoms with E-state index in [1.807, 2.05) is 37.4 Å². The van der Waals surface area contributed by atoms with Crippen LogP contribution in [0.1, 0.15) is 21.7 Å². The largest absolute Gasteiger partial charge is 0.244 e. The van der Waals surface area contributed by atoms with E-state index in [0.29, 0.717) is 18.0 Å². The first-order chi connectivity index (χ1) is 11.9. The van der Waals surface area contributed by atoms with Crippen molar-refractivity contribution in [2.75, 3.05) is 6.54 Å². The van der Waals surface area contributed by atoms with Crippen molar-refractivity contribution in [1.82, 2.24) is 9.29 Å². The first-order valence-electron chi connectivity index (χ1n) is 8.05. The minimum Gasteiger partial charge on any atom is -0.241 e. The van der Waals surface area contributed by atoms with E-state index in [0.717, 1.165) is 32.4 Å². The topological polar surface area (TPSA) is 50.3 Å². The zero-order valence-electron chi connectivity index (χ0n) is 14.0. The number of fused-ring (bicyclic) bond motifs is 1. The minimum atomic E-state index is -3.50. The number of sulfonamides is 1. The lowest BCUT2D eigenvalue weighted by Gasteiger charge is -2.28. The standard InChI is InChI=1S/C18H18N2O2S3/c1-12-11-23-18(19-12)16-9-17(13(2)24-16)25(21,22)20-8-7-14-5-3-4-6-15(14)10-20/h3-6,9,11H,7-8,10H2,1-2H3. The molecule has 0 atom stereocenters. The molecule has 0 saturated carbocycles. The lowest BCUT2D eigenvalue weighted by molar-refractivity contribution is 0.391. The fourth-order valence-electron chi connectivity index (χ4n) is 3.11. The molecule has 0 radical (unpaired) electrons. The van der Waals surface area contributed by atoms with Gasteiger partial charge in [-0.1, -0.05) is 24.3 Å². The van der Waals surface area contributed by atoms with E-state index < -0.39 is 10.0 Å². The molecular formula is C18H18N2O2S3. The molecule has 3 aromatic rings. The van der Waals surface area contributed by atoms with Crippen LogP contribution in [-0.2, 0) is 23.0 Å². The van der Waals surface area contributed by atoms with Gasteiger partial charge in [-0.05, 0) is 37.5 Å². The van der Waals surface area contributed by atoms with Gasteiger partial charge >= 0.3 is 0 Å². The number of benzene rings is 1. The molecule has 0 bridgehead atoms. The van der Waals surface area contributed by atoms with Crippen molar-refractivity contribution < 1.29 is 8.42 Å². The fraction of sp³-hybridized carbons (Fsp3) is 0.278. The molecule has 0 saturated heterocycles. The maximum atomic E-state index is 13.2. The Hall–Kier alpha value is -1.54. The van der Waals surface area contributed by atoms with Crippen molar-refractivity contribution >= 4 is 32.7 Å². The molecule has 130 valence electrons. The van der Waals surface area contributed by atoms with E-state index >= 15 is 0 Å². The molecule has 1 aromatic carbocycles. The Balaban J connectivity index is 1.68. The summed E-state index contributed by atoms with van der Waals surface area (Å²) in [6.45, 7) is 4.79. The number of aromatic nitrogens is 1. The van der Waals surface area contributed by atoms with Gasteiger partial charge < -0.3 is 0 Å². The van der Waals surface area contributed by atoms with Crippen LogP contribution in [0.5, 0.6) is 0 Å². The average Bonchev–Trinajstić information content (AvgIpc) is 3.20. The highest BCUT2D eigenvalue weighted by atomic mass is 32.2. The monoisotopic (exact) mass is 390 g/mol. The average molecular weight is 391 g/mol. The number of rotatable bonds is 3. The molecule has 0 spiro atoms. The van der Waals surface area contributed by atoms with E-state index in [4.69, 9.17) is 0 Å². The van der Waals surface area contributed by atoms with Gasteiger partial charge in [-0.2, -0.15) is 4.31 Å². The zero-order chi connectivity index (χ0) is 17.6. The predicted molar refractivity (Wildman–Crippen MR) is 103 cm³/mol. The Bertz CT molecular complexity index is 1030. The number of thiophene rings is 1. The summed E-state index contributed by atoms with van der Waals surface area (Å²) >= 11 is 3.05. The molecule has 0 aliphatic carbocycles. The lowest BCUT2D eigenvalue weighted by atomic mass is 10.0. The summed E-state index contributed by atoms with van der Waals surface area (Å²) in [4.78, 5) is 6.64. The van der Waals surface area contributed by atoms with Crippen LogP contribution in [0.2, 0.25) is 0 Å². The Labute approximate surface area is 155 Å². The molecule has 1 aliphatic heterocycles. The van der Waals surface area contributed by atoms with Gasteiger partial charge in [0.25, 0.3) is 0 Å². The predicted octanol–water partition coefficient (Wildman–Crippen LogP) is 4.24. The molecule has 25 heavy (non-hydrogen) atoms. The number of hydrogen-bond acceptors (Lipinski definition) is 5. The quantitative estimate of drug-likeness (QED) is 0.672. The van der Waals surface area contributed by atoms with E-state index in [2.05, 4.69) is 11.1 Å². The van der Waals surface area contributed by atoms with Gasteiger partial charge in [0.1, 0.15) is 5.01 Å². The van der Waals surface area contributed by atoms with Crippen LogP contribution in [0.25, 0.3) is 9.88 Å². The highest BCUT2D eigenvalue weighted by Crippen LogP contribution is 2.37. The molecule has 7 heteroatoms. The molecule has 0 amide bonds. The van der Waals surface area contributed by atoms with Gasteiger partial charge in [0.2, 0.25) is 10.0 Å². The van der Waals surface area contributed by atoms with E-state index in [-0.39, 0.29) is 0 Å². The number of aryl methyl sites for hydroxylation is 2. The SMILES string of the molecule is Cc1csc(-c2cc(S(=O)(=O)N3CCc4ccccc4C3)c(C)s2)n1. The zero-order valence-corrected chi connectivity index (χ0v) is 16.5. The Morgan fingerprint density at radius 2 is 1.92 bits per heavy atom. The first-order valence-corrected chi connectivity index (χ1v) is 11.2. The van der Waals surface area contributed by atoms with Gasteiger partial charge in [0.15, 0.2) is 0 Å². The highest BCUT2D eigenvalue weighted by molar-refractivity contribution is 7.89. The molecule has 0 N–H and O–H groups in total. The van der Waals surface area contributed by atoms with Crippen LogP contribution in [0, 0.1) is 13.8 Å². The summed E-state index contributed by atoms with van der Waals surface area (Å²) in [5.74, 6) is 0. The van der Waals surface area contributed by atoms with Crippen molar-refractivity contribution in [3.63, 3.8) is 0 Å². The Morgan fingerprint density at radius 1 is 1.16 bits per heavy atom. The van der Waals surface area contributed by atoms with Crippen molar-refractivity contribution in [1.29, 1.82) is 0 Å². The molecule has 3 heterocycles. The number of nitrogens with zero attached hydrogens (tertiary/aromatic N) is 2. The molecule has 2 aromatic heterocycles. The maximum Gasteiger partial charge on any atom is 0.244 e. The summed E-state index contributed by atoms with van der Waals surface area (Å²) in [7, 11) is -3.50. The second-order valence-electron chi connectivity index (χ2n) is 6.18. The summed E-state index contributed by atoms with van der Waals surface area (Å²) < 4.78 is 28.0. The molecule has 4 rings (SSSR count). The second-order valence-corrected chi connectivity index (χ2v) is 10.2. The van der Waals surface area contributed by atoms with Gasteiger partial charge in [-0.15, -0.1) is 22.7 Å². The van der Waals surface area contributed by atoms with Gasteiger partial charge in [0, 0.05) is 29.0 Å². The minimum absolute atomic E-state index is 0.416. The molecule has 0 fully saturated rings. The van der Waals surface area contributed by atoms with Crippen LogP contribution < -0.4 is 0 Å². The Morgan fingerprint density at radius 3 is 2.64 bits per heavy atom. The third kappa shape index (κ3) is 3.06. The third-order valence-electron chi connectivity index (χ3n) is 4.42. The summed E-state index contributed by atoms with van der Waals surface area (Å²) in [6.07, 6.45) is 0.761. The van der Waals surface area contributed by atoms with Crippen molar-refractivity contribution in [3.8, 4) is 9.88 Å². The van der Waals surface area contributed by atoms with Crippen molar-refractivity contribution in [3.05, 3.63) is 57.4 Å². The Kier molecular flexibility index (Phi) is 4.27. The summed E-state index contributed by atoms with van der Waals surface area (Å²) in [5.41, 5.74) is 3.30. The van der Waals surface area contributed by atoms with Crippen LogP contribution >= 0.6 is 22.7 Å². The van der Waals surface area contributed by atoms with Crippen LogP contribution in [0.3, 0.4) is 0 Å². The van der Waals surface area contributed by atoms with Gasteiger partial charge in [-0.25, -0.2) is 13.4 Å². The van der Waals surface area contributed by atoms with Crippen LogP contribution in [-0.4, -0.2) is 24.3 Å². The molecule has 0 unspecified atom stereocenters. The summed E-state index contributed by atoms with van der Waals surface area (Å²) in [5, 5.41) is 2.87. The first kappa shape index (κ1) is 16.9. The fourth-order valence-corrected chi connectivity index (χ4v) is 6.95. The van der Waals surface area contributed by atoms with Crippen LogP contribution in [0.15, 0.2) is 40.6 Å². The van der Waals surface area contributed by atoms with Crippen molar-refractivity contribution in [2.45, 2.75) is 31.7 Å². The normalized spacial score (nSPS) is 15.3. The second kappa shape index (κ2) is 6.32. The van der Waals surface area contributed by atoms with E-state index in [1.54, 1.807) is 21.7 Å². The van der Waals surface area contributed by atoms with E-state index in [9.17, 15) is 8.42 Å². The van der Waals surface area contributed by atoms with Gasteiger partial charge in [-0.3, -0.25) is 0 Å². The molecule has 4 nitrogen and oxygen atoms in total. The van der Waals surface area contributed by atoms with Crippen LogP contribution in [0.4, 0.5) is 0 Å².